The fourth-order valence-corrected chi connectivity index (χ4v) is 1.79. The van der Waals surface area contributed by atoms with Gasteiger partial charge < -0.3 is 4.74 Å². The zero-order valence-corrected chi connectivity index (χ0v) is 10.6. The molecule has 2 aromatic carbocycles. The molecule has 2 aromatic rings. The number of rotatable bonds is 4. The summed E-state index contributed by atoms with van der Waals surface area (Å²) in [5, 5.41) is 0. The van der Waals surface area contributed by atoms with Crippen molar-refractivity contribution in [1.29, 1.82) is 0 Å². The molecule has 0 heterocycles. The van der Waals surface area contributed by atoms with Gasteiger partial charge in [-0.25, -0.2) is 0 Å². The van der Waals surface area contributed by atoms with Gasteiger partial charge in [0.05, 0.1) is 5.56 Å². The summed E-state index contributed by atoms with van der Waals surface area (Å²) < 4.78 is 5.74. The molecule has 92 valence electrons. The highest BCUT2D eigenvalue weighted by molar-refractivity contribution is 5.79. The van der Waals surface area contributed by atoms with Crippen LogP contribution < -0.4 is 4.74 Å². The summed E-state index contributed by atoms with van der Waals surface area (Å²) in [6.07, 6.45) is 0.826. The third-order valence-electron chi connectivity index (χ3n) is 2.94. The second-order valence-electron chi connectivity index (χ2n) is 4.37. The molecule has 0 aliphatic carbocycles. The topological polar surface area (TPSA) is 26.3 Å². The Hall–Kier alpha value is -2.09. The molecule has 2 nitrogen and oxygen atoms in total. The number of carbonyl (C=O) groups is 1. The number of aryl methyl sites for hydroxylation is 2. The molecule has 0 saturated heterocycles. The van der Waals surface area contributed by atoms with Crippen molar-refractivity contribution in [2.75, 3.05) is 0 Å². The average Bonchev–Trinajstić information content (AvgIpc) is 2.38. The molecule has 0 aliphatic rings. The van der Waals surface area contributed by atoms with Crippen molar-refractivity contribution in [3.63, 3.8) is 0 Å². The van der Waals surface area contributed by atoms with Gasteiger partial charge in [0.25, 0.3) is 0 Å². The van der Waals surface area contributed by atoms with Crippen molar-refractivity contribution in [2.24, 2.45) is 0 Å². The standard InChI is InChI=1S/C16H16O2/c1-12-7-8-14(10-17)16(9-12)18-11-15-6-4-3-5-13(15)2/h3-10H,11H2,1-2H3. The van der Waals surface area contributed by atoms with E-state index in [9.17, 15) is 4.79 Å². The summed E-state index contributed by atoms with van der Waals surface area (Å²) in [7, 11) is 0. The van der Waals surface area contributed by atoms with E-state index in [2.05, 4.69) is 13.0 Å². The number of benzene rings is 2. The number of carbonyl (C=O) groups excluding carboxylic acids is 1. The van der Waals surface area contributed by atoms with E-state index in [1.807, 2.05) is 37.3 Å². The Bertz CT molecular complexity index is 559. The second kappa shape index (κ2) is 5.50. The van der Waals surface area contributed by atoms with Crippen LogP contribution in [0.3, 0.4) is 0 Å². The van der Waals surface area contributed by atoms with Gasteiger partial charge in [-0.15, -0.1) is 0 Å². The van der Waals surface area contributed by atoms with Crippen molar-refractivity contribution in [1.82, 2.24) is 0 Å². The van der Waals surface area contributed by atoms with Crippen LogP contribution in [0.5, 0.6) is 5.75 Å². The fourth-order valence-electron chi connectivity index (χ4n) is 1.79. The summed E-state index contributed by atoms with van der Waals surface area (Å²) >= 11 is 0. The fraction of sp³-hybridized carbons (Fsp3) is 0.188. The highest BCUT2D eigenvalue weighted by Crippen LogP contribution is 2.20. The Kier molecular flexibility index (Phi) is 3.78. The molecule has 0 unspecified atom stereocenters. The van der Waals surface area contributed by atoms with E-state index < -0.39 is 0 Å². The van der Waals surface area contributed by atoms with Crippen molar-refractivity contribution >= 4 is 6.29 Å². The van der Waals surface area contributed by atoms with E-state index in [4.69, 9.17) is 4.74 Å². The molecule has 0 aliphatic heterocycles. The van der Waals surface area contributed by atoms with E-state index >= 15 is 0 Å². The third kappa shape index (κ3) is 2.77. The molecule has 0 atom stereocenters. The Morgan fingerprint density at radius 3 is 2.61 bits per heavy atom. The molecule has 0 N–H and O–H groups in total. The number of hydrogen-bond acceptors (Lipinski definition) is 2. The predicted molar refractivity (Wildman–Crippen MR) is 72.1 cm³/mol. The first-order chi connectivity index (χ1) is 8.70. The summed E-state index contributed by atoms with van der Waals surface area (Å²) in [6, 6.07) is 13.7. The molecular weight excluding hydrogens is 224 g/mol. The number of hydrogen-bond donors (Lipinski definition) is 0. The zero-order valence-electron chi connectivity index (χ0n) is 10.6. The SMILES string of the molecule is Cc1ccc(C=O)c(OCc2ccccc2C)c1. The van der Waals surface area contributed by atoms with Crippen LogP contribution >= 0.6 is 0 Å². The lowest BCUT2D eigenvalue weighted by Crippen LogP contribution is -2.00. The van der Waals surface area contributed by atoms with Crippen LogP contribution in [0.15, 0.2) is 42.5 Å². The molecule has 0 amide bonds. The molecule has 0 aromatic heterocycles. The zero-order chi connectivity index (χ0) is 13.0. The minimum absolute atomic E-state index is 0.483. The van der Waals surface area contributed by atoms with Crippen molar-refractivity contribution < 1.29 is 9.53 Å². The molecule has 0 radical (unpaired) electrons. The molecule has 18 heavy (non-hydrogen) atoms. The van der Waals surface area contributed by atoms with E-state index in [0.717, 1.165) is 17.4 Å². The van der Waals surface area contributed by atoms with Crippen LogP contribution in [0.2, 0.25) is 0 Å². The Morgan fingerprint density at radius 2 is 1.89 bits per heavy atom. The van der Waals surface area contributed by atoms with Crippen LogP contribution in [-0.4, -0.2) is 6.29 Å². The first-order valence-electron chi connectivity index (χ1n) is 5.94. The van der Waals surface area contributed by atoms with Gasteiger partial charge in [-0.1, -0.05) is 30.3 Å². The van der Waals surface area contributed by atoms with Gasteiger partial charge >= 0.3 is 0 Å². The molecule has 0 spiro atoms. The second-order valence-corrected chi connectivity index (χ2v) is 4.37. The first kappa shape index (κ1) is 12.4. The highest BCUT2D eigenvalue weighted by atomic mass is 16.5. The molecule has 0 fully saturated rings. The normalized spacial score (nSPS) is 10.1. The molecular formula is C16H16O2. The maximum atomic E-state index is 10.9. The summed E-state index contributed by atoms with van der Waals surface area (Å²) in [5.41, 5.74) is 4.00. The van der Waals surface area contributed by atoms with E-state index in [-0.39, 0.29) is 0 Å². The largest absolute Gasteiger partial charge is 0.488 e. The molecule has 2 rings (SSSR count). The van der Waals surface area contributed by atoms with Crippen LogP contribution in [0.1, 0.15) is 27.0 Å². The molecule has 0 bridgehead atoms. The average molecular weight is 240 g/mol. The summed E-state index contributed by atoms with van der Waals surface area (Å²) in [6.45, 7) is 4.52. The maximum absolute atomic E-state index is 10.9. The highest BCUT2D eigenvalue weighted by Gasteiger charge is 2.04. The van der Waals surface area contributed by atoms with Crippen LogP contribution in [0, 0.1) is 13.8 Å². The predicted octanol–water partition coefficient (Wildman–Crippen LogP) is 3.69. The lowest BCUT2D eigenvalue weighted by Gasteiger charge is -2.10. The minimum Gasteiger partial charge on any atom is -0.488 e. The summed E-state index contributed by atoms with van der Waals surface area (Å²) in [5.74, 6) is 0.647. The van der Waals surface area contributed by atoms with Gasteiger partial charge in [0, 0.05) is 0 Å². The van der Waals surface area contributed by atoms with Gasteiger partial charge in [0.15, 0.2) is 6.29 Å². The first-order valence-corrected chi connectivity index (χ1v) is 5.94. The van der Waals surface area contributed by atoms with Crippen LogP contribution in [0.25, 0.3) is 0 Å². The monoisotopic (exact) mass is 240 g/mol. The Morgan fingerprint density at radius 1 is 1.11 bits per heavy atom. The van der Waals surface area contributed by atoms with Gasteiger partial charge in [0.2, 0.25) is 0 Å². The van der Waals surface area contributed by atoms with E-state index in [0.29, 0.717) is 17.9 Å². The lowest BCUT2D eigenvalue weighted by atomic mass is 10.1. The molecule has 0 saturated carbocycles. The van der Waals surface area contributed by atoms with Crippen molar-refractivity contribution in [3.05, 3.63) is 64.7 Å². The van der Waals surface area contributed by atoms with Crippen molar-refractivity contribution in [2.45, 2.75) is 20.5 Å². The van der Waals surface area contributed by atoms with Gasteiger partial charge in [-0.3, -0.25) is 4.79 Å². The maximum Gasteiger partial charge on any atom is 0.153 e. The van der Waals surface area contributed by atoms with E-state index in [1.54, 1.807) is 6.07 Å². The van der Waals surface area contributed by atoms with Crippen molar-refractivity contribution in [3.8, 4) is 5.75 Å². The minimum atomic E-state index is 0.483. The number of ether oxygens (including phenoxy) is 1. The summed E-state index contributed by atoms with van der Waals surface area (Å²) in [4.78, 5) is 10.9. The smallest absolute Gasteiger partial charge is 0.153 e. The molecule has 2 heteroatoms. The Labute approximate surface area is 107 Å². The van der Waals surface area contributed by atoms with Gasteiger partial charge in [-0.05, 0) is 42.7 Å². The Balaban J connectivity index is 2.18. The van der Waals surface area contributed by atoms with Gasteiger partial charge in [0.1, 0.15) is 12.4 Å². The van der Waals surface area contributed by atoms with Gasteiger partial charge in [-0.2, -0.15) is 0 Å². The van der Waals surface area contributed by atoms with Crippen LogP contribution in [-0.2, 0) is 6.61 Å². The van der Waals surface area contributed by atoms with E-state index in [1.165, 1.54) is 5.56 Å². The third-order valence-corrected chi connectivity index (χ3v) is 2.94. The van der Waals surface area contributed by atoms with Crippen LogP contribution in [0.4, 0.5) is 0 Å². The number of aldehydes is 1. The quantitative estimate of drug-likeness (QED) is 0.762. The lowest BCUT2D eigenvalue weighted by molar-refractivity contribution is 0.111.